The van der Waals surface area contributed by atoms with E-state index in [2.05, 4.69) is 13.8 Å². The monoisotopic (exact) mass is 170 g/mol. The third-order valence-corrected chi connectivity index (χ3v) is 2.06. The van der Waals surface area contributed by atoms with Gasteiger partial charge in [-0.15, -0.1) is 0 Å². The van der Waals surface area contributed by atoms with E-state index in [-0.39, 0.29) is 0 Å². The molecule has 0 radical (unpaired) electrons. The van der Waals surface area contributed by atoms with E-state index in [1.165, 1.54) is 9.45 Å². The summed E-state index contributed by atoms with van der Waals surface area (Å²) in [6.45, 7) is 4.53. The molecule has 0 rings (SSSR count). The Hall–Kier alpha value is 0.774. The van der Waals surface area contributed by atoms with Crippen molar-refractivity contribution in [3.63, 3.8) is 0 Å². The van der Waals surface area contributed by atoms with Crippen LogP contribution in [0.4, 0.5) is 0 Å². The van der Waals surface area contributed by atoms with Gasteiger partial charge in [0, 0.05) is 0 Å². The second-order valence-electron chi connectivity index (χ2n) is 1.04. The molecule has 0 amide bonds. The molecule has 0 aliphatic rings. The molecular weight excluding hydrogens is 159 g/mol. The molecule has 0 saturated heterocycles. The van der Waals surface area contributed by atoms with E-state index in [0.29, 0.717) is 19.2 Å². The summed E-state index contributed by atoms with van der Waals surface area (Å²) in [4.78, 5) is 6.99. The van der Waals surface area contributed by atoms with Gasteiger partial charge in [0.1, 0.15) is 0 Å². The van der Waals surface area contributed by atoms with Crippen LogP contribution in [0.15, 0.2) is 0 Å². The summed E-state index contributed by atoms with van der Waals surface area (Å²) in [5, 5.41) is 0. The molecular formula is C4H11O2PTi. The van der Waals surface area contributed by atoms with Crippen molar-refractivity contribution >= 4 is 8.69 Å². The SMILES string of the molecule is C[CH2][Ti][CH2]C.O=PO. The molecule has 0 unspecified atom stereocenters. The van der Waals surface area contributed by atoms with Gasteiger partial charge in [-0.25, -0.2) is 4.57 Å². The Morgan fingerprint density at radius 1 is 1.50 bits per heavy atom. The molecule has 0 aromatic rings. The van der Waals surface area contributed by atoms with Crippen LogP contribution in [0, 0.1) is 0 Å². The summed E-state index contributed by atoms with van der Waals surface area (Å²) < 4.78 is 11.4. The van der Waals surface area contributed by atoms with Crippen LogP contribution in [0.25, 0.3) is 0 Å². The van der Waals surface area contributed by atoms with Gasteiger partial charge >= 0.3 is 51.1 Å². The number of hydrogen-bond donors (Lipinski definition) is 1. The summed E-state index contributed by atoms with van der Waals surface area (Å²) >= 11 is 0.528. The zero-order valence-electron chi connectivity index (χ0n) is 5.22. The van der Waals surface area contributed by atoms with Gasteiger partial charge in [0.05, 0.1) is 0 Å². The summed E-state index contributed by atoms with van der Waals surface area (Å²) in [5.74, 6) is 0. The predicted molar refractivity (Wildman–Crippen MR) is 30.8 cm³/mol. The van der Waals surface area contributed by atoms with Crippen molar-refractivity contribution < 1.29 is 28.6 Å². The van der Waals surface area contributed by atoms with Crippen molar-refractivity contribution in [2.75, 3.05) is 0 Å². The van der Waals surface area contributed by atoms with Gasteiger partial charge in [-0.05, 0) is 0 Å². The molecule has 0 saturated carbocycles. The maximum absolute atomic E-state index is 8.46. The zero-order chi connectivity index (χ0) is 6.83. The third-order valence-electron chi connectivity index (χ3n) is 0.500. The molecule has 0 spiro atoms. The van der Waals surface area contributed by atoms with Crippen LogP contribution in [0.2, 0.25) is 9.45 Å². The molecule has 48 valence electrons. The molecule has 2 nitrogen and oxygen atoms in total. The fourth-order valence-electron chi connectivity index (χ4n) is 0.250. The maximum atomic E-state index is 8.46. The van der Waals surface area contributed by atoms with E-state index in [0.717, 1.165) is 0 Å². The number of hydrogen-bond acceptors (Lipinski definition) is 1. The topological polar surface area (TPSA) is 37.3 Å². The van der Waals surface area contributed by atoms with Gasteiger partial charge in [0.2, 0.25) is 0 Å². The summed E-state index contributed by atoms with van der Waals surface area (Å²) in [6.07, 6.45) is 0. The molecule has 0 aromatic carbocycles. The first kappa shape index (κ1) is 11.6. The van der Waals surface area contributed by atoms with Crippen molar-refractivity contribution in [2.45, 2.75) is 23.3 Å². The fraction of sp³-hybridized carbons (Fsp3) is 1.00. The molecule has 0 aliphatic carbocycles. The second kappa shape index (κ2) is 15.7. The Labute approximate surface area is 60.9 Å². The minimum absolute atomic E-state index is 0.528. The van der Waals surface area contributed by atoms with E-state index in [4.69, 9.17) is 9.46 Å². The largest absolute Gasteiger partial charge is 0.324 e. The quantitative estimate of drug-likeness (QED) is 0.509. The second-order valence-corrected chi connectivity index (χ2v) is 4.19. The first-order valence-electron chi connectivity index (χ1n) is 2.50. The van der Waals surface area contributed by atoms with Crippen LogP contribution < -0.4 is 0 Å². The molecule has 8 heavy (non-hydrogen) atoms. The normalized spacial score (nSPS) is 7.38. The summed E-state index contributed by atoms with van der Waals surface area (Å²) in [6, 6.07) is 0. The molecule has 0 heterocycles. The van der Waals surface area contributed by atoms with Crippen molar-refractivity contribution in [3.8, 4) is 0 Å². The number of rotatable bonds is 2. The Morgan fingerprint density at radius 2 is 1.75 bits per heavy atom. The molecule has 4 heteroatoms. The molecule has 0 aromatic heterocycles. The van der Waals surface area contributed by atoms with E-state index >= 15 is 0 Å². The van der Waals surface area contributed by atoms with Crippen LogP contribution in [0.5, 0.6) is 0 Å². The van der Waals surface area contributed by atoms with Crippen molar-refractivity contribution in [2.24, 2.45) is 0 Å². The minimum Gasteiger partial charge on any atom is -0.310 e. The zero-order valence-corrected chi connectivity index (χ0v) is 7.67. The van der Waals surface area contributed by atoms with Gasteiger partial charge in [-0.3, -0.25) is 0 Å². The van der Waals surface area contributed by atoms with Gasteiger partial charge in [-0.1, -0.05) is 0 Å². The van der Waals surface area contributed by atoms with Gasteiger partial charge < -0.3 is 4.89 Å². The molecule has 0 atom stereocenters. The Kier molecular flexibility index (Phi) is 22.6. The van der Waals surface area contributed by atoms with Crippen molar-refractivity contribution in [1.29, 1.82) is 0 Å². The fourth-order valence-corrected chi connectivity index (χ4v) is 1.03. The van der Waals surface area contributed by atoms with Crippen molar-refractivity contribution in [1.82, 2.24) is 0 Å². The Morgan fingerprint density at radius 3 is 1.75 bits per heavy atom. The Balaban J connectivity index is 0. The third kappa shape index (κ3) is 29.3. The van der Waals surface area contributed by atoms with Crippen LogP contribution in [0.1, 0.15) is 13.8 Å². The van der Waals surface area contributed by atoms with Crippen LogP contribution in [0.3, 0.4) is 0 Å². The molecule has 1 N–H and O–H groups in total. The smallest absolute Gasteiger partial charge is 0.310 e. The first-order chi connectivity index (χ1) is 3.83. The van der Waals surface area contributed by atoms with E-state index in [9.17, 15) is 0 Å². The standard InChI is InChI=1S/2C2H5.HO2P.Ti/c2*1-2;1-3-2;/h2*1H2,2H3;(H,1,2);. The van der Waals surface area contributed by atoms with E-state index in [1.807, 2.05) is 0 Å². The molecule has 0 fully saturated rings. The van der Waals surface area contributed by atoms with E-state index < -0.39 is 8.69 Å². The van der Waals surface area contributed by atoms with Crippen LogP contribution in [-0.4, -0.2) is 4.89 Å². The first-order valence-corrected chi connectivity index (χ1v) is 5.48. The Bertz CT molecular complexity index is 41.0. The summed E-state index contributed by atoms with van der Waals surface area (Å²) in [5.41, 5.74) is 0. The summed E-state index contributed by atoms with van der Waals surface area (Å²) in [7, 11) is -0.833. The predicted octanol–water partition coefficient (Wildman–Crippen LogP) is 2.13. The van der Waals surface area contributed by atoms with Crippen LogP contribution in [-0.2, 0) is 23.7 Å². The average Bonchev–Trinajstić information content (AvgIpc) is 1.71. The maximum Gasteiger partial charge on any atom is 0.324 e. The minimum atomic E-state index is -0.833. The van der Waals surface area contributed by atoms with Gasteiger partial charge in [0.15, 0.2) is 0 Å². The van der Waals surface area contributed by atoms with E-state index in [1.54, 1.807) is 0 Å². The average molecular weight is 170 g/mol. The molecule has 0 aliphatic heterocycles. The van der Waals surface area contributed by atoms with Crippen molar-refractivity contribution in [3.05, 3.63) is 0 Å². The van der Waals surface area contributed by atoms with Crippen LogP contribution >= 0.6 is 8.69 Å². The van der Waals surface area contributed by atoms with Gasteiger partial charge in [0.25, 0.3) is 0 Å². The molecule has 0 bridgehead atoms. The van der Waals surface area contributed by atoms with Gasteiger partial charge in [-0.2, -0.15) is 0 Å².